The van der Waals surface area contributed by atoms with Gasteiger partial charge in [-0.25, -0.2) is 9.97 Å². The average molecular weight is 257 g/mol. The highest BCUT2D eigenvalue weighted by atomic mass is 35.5. The van der Waals surface area contributed by atoms with Crippen molar-refractivity contribution < 1.29 is 9.59 Å². The predicted molar refractivity (Wildman–Crippen MR) is 62.7 cm³/mol. The fraction of sp³-hybridized carbons (Fsp3) is 0.400. The van der Waals surface area contributed by atoms with Crippen LogP contribution in [0.3, 0.4) is 0 Å². The molecule has 0 aromatic carbocycles. The van der Waals surface area contributed by atoms with Crippen molar-refractivity contribution in [3.05, 3.63) is 23.2 Å². The zero-order valence-electron chi connectivity index (χ0n) is 9.61. The summed E-state index contributed by atoms with van der Waals surface area (Å²) in [4.78, 5) is 31.8. The molecule has 1 heterocycles. The molecule has 0 aliphatic heterocycles. The molecule has 0 radical (unpaired) electrons. The molecule has 0 aliphatic carbocycles. The second-order valence-electron chi connectivity index (χ2n) is 3.52. The first-order chi connectivity index (χ1) is 8.00. The number of rotatable bonds is 4. The van der Waals surface area contributed by atoms with Crippen LogP contribution in [-0.2, 0) is 4.79 Å². The van der Waals surface area contributed by atoms with Gasteiger partial charge in [-0.15, -0.1) is 0 Å². The highest BCUT2D eigenvalue weighted by Crippen LogP contribution is 2.00. The minimum atomic E-state index is -0.374. The van der Waals surface area contributed by atoms with Gasteiger partial charge in [0.25, 0.3) is 5.91 Å². The molecule has 6 nitrogen and oxygen atoms in total. The van der Waals surface area contributed by atoms with Gasteiger partial charge in [0.1, 0.15) is 10.8 Å². The Bertz CT molecular complexity index is 405. The zero-order valence-corrected chi connectivity index (χ0v) is 10.4. The van der Waals surface area contributed by atoms with Gasteiger partial charge in [0, 0.05) is 27.1 Å². The van der Waals surface area contributed by atoms with Crippen LogP contribution in [-0.4, -0.2) is 47.3 Å². The van der Waals surface area contributed by atoms with E-state index < -0.39 is 0 Å². The number of halogens is 1. The van der Waals surface area contributed by atoms with Crippen LogP contribution in [0.4, 0.5) is 0 Å². The third-order valence-electron chi connectivity index (χ3n) is 1.98. The lowest BCUT2D eigenvalue weighted by Gasteiger charge is -2.10. The Balaban J connectivity index is 2.40. The van der Waals surface area contributed by atoms with Gasteiger partial charge in [0.2, 0.25) is 5.91 Å². The van der Waals surface area contributed by atoms with Crippen molar-refractivity contribution in [3.63, 3.8) is 0 Å². The summed E-state index contributed by atoms with van der Waals surface area (Å²) in [6.07, 6.45) is 2.83. The van der Waals surface area contributed by atoms with E-state index in [2.05, 4.69) is 15.3 Å². The Kier molecular flexibility index (Phi) is 4.84. The zero-order chi connectivity index (χ0) is 12.8. The van der Waals surface area contributed by atoms with Crippen LogP contribution in [0, 0.1) is 0 Å². The maximum absolute atomic E-state index is 11.5. The minimum Gasteiger partial charge on any atom is -0.350 e. The number of aromatic nitrogens is 2. The van der Waals surface area contributed by atoms with E-state index in [0.29, 0.717) is 0 Å². The molecule has 0 spiro atoms. The van der Waals surface area contributed by atoms with Crippen molar-refractivity contribution in [2.75, 3.05) is 20.6 Å². The maximum atomic E-state index is 11.5. The van der Waals surface area contributed by atoms with Gasteiger partial charge < -0.3 is 10.2 Å². The second-order valence-corrected chi connectivity index (χ2v) is 3.91. The summed E-state index contributed by atoms with van der Waals surface area (Å²) >= 11 is 5.54. The van der Waals surface area contributed by atoms with Crippen LogP contribution in [0.5, 0.6) is 0 Å². The standard InChI is InChI=1S/C10H13ClN4O2/c1-15(2)9(16)3-4-12-10(17)7-5-14-8(11)6-13-7/h5-6H,3-4H2,1-2H3,(H,12,17). The Hall–Kier alpha value is -1.69. The summed E-state index contributed by atoms with van der Waals surface area (Å²) in [7, 11) is 3.32. The number of hydrogen-bond acceptors (Lipinski definition) is 4. The Morgan fingerprint density at radius 3 is 2.59 bits per heavy atom. The molecule has 7 heteroatoms. The second kappa shape index (κ2) is 6.15. The van der Waals surface area contributed by atoms with E-state index in [0.717, 1.165) is 0 Å². The fourth-order valence-electron chi connectivity index (χ4n) is 1.03. The van der Waals surface area contributed by atoms with Crippen molar-refractivity contribution >= 4 is 23.4 Å². The van der Waals surface area contributed by atoms with Gasteiger partial charge in [-0.3, -0.25) is 9.59 Å². The quantitative estimate of drug-likeness (QED) is 0.843. The van der Waals surface area contributed by atoms with Crippen LogP contribution in [0.1, 0.15) is 16.9 Å². The largest absolute Gasteiger partial charge is 0.350 e. The molecule has 0 saturated heterocycles. The lowest BCUT2D eigenvalue weighted by molar-refractivity contribution is -0.128. The van der Waals surface area contributed by atoms with E-state index in [-0.39, 0.29) is 35.6 Å². The van der Waals surface area contributed by atoms with Crippen molar-refractivity contribution in [1.29, 1.82) is 0 Å². The number of nitrogens with zero attached hydrogens (tertiary/aromatic N) is 3. The van der Waals surface area contributed by atoms with Crippen molar-refractivity contribution in [3.8, 4) is 0 Å². The highest BCUT2D eigenvalue weighted by Gasteiger charge is 2.09. The number of carbonyl (C=O) groups excluding carboxylic acids is 2. The Labute approximate surface area is 104 Å². The van der Waals surface area contributed by atoms with Gasteiger partial charge in [-0.2, -0.15) is 0 Å². The average Bonchev–Trinajstić information content (AvgIpc) is 2.29. The monoisotopic (exact) mass is 256 g/mol. The van der Waals surface area contributed by atoms with Gasteiger partial charge in [-0.05, 0) is 0 Å². The lowest BCUT2D eigenvalue weighted by atomic mass is 10.3. The van der Waals surface area contributed by atoms with E-state index >= 15 is 0 Å². The molecular weight excluding hydrogens is 244 g/mol. The maximum Gasteiger partial charge on any atom is 0.271 e. The number of nitrogens with one attached hydrogen (secondary N) is 1. The molecule has 0 aliphatic rings. The first-order valence-electron chi connectivity index (χ1n) is 4.96. The number of carbonyl (C=O) groups is 2. The fourth-order valence-corrected chi connectivity index (χ4v) is 1.12. The van der Waals surface area contributed by atoms with Crippen molar-refractivity contribution in [2.24, 2.45) is 0 Å². The molecule has 0 fully saturated rings. The molecule has 1 N–H and O–H groups in total. The van der Waals surface area contributed by atoms with E-state index in [4.69, 9.17) is 11.6 Å². The Morgan fingerprint density at radius 1 is 1.35 bits per heavy atom. The normalized spacial score (nSPS) is 9.82. The summed E-state index contributed by atoms with van der Waals surface area (Å²) in [5.74, 6) is -0.423. The summed E-state index contributed by atoms with van der Waals surface area (Å²) in [5.41, 5.74) is 0.173. The molecule has 1 rings (SSSR count). The van der Waals surface area contributed by atoms with Crippen LogP contribution < -0.4 is 5.32 Å². The van der Waals surface area contributed by atoms with E-state index in [1.54, 1.807) is 14.1 Å². The first kappa shape index (κ1) is 13.4. The molecule has 0 bridgehead atoms. The van der Waals surface area contributed by atoms with Crippen LogP contribution in [0.25, 0.3) is 0 Å². The van der Waals surface area contributed by atoms with Gasteiger partial charge >= 0.3 is 0 Å². The van der Waals surface area contributed by atoms with Crippen LogP contribution in [0.2, 0.25) is 5.15 Å². The first-order valence-corrected chi connectivity index (χ1v) is 5.34. The van der Waals surface area contributed by atoms with Gasteiger partial charge in [0.05, 0.1) is 12.4 Å². The molecule has 2 amide bonds. The molecule has 0 saturated carbocycles. The minimum absolute atomic E-state index is 0.0486. The van der Waals surface area contributed by atoms with E-state index in [1.807, 2.05) is 0 Å². The topological polar surface area (TPSA) is 75.2 Å². The Morgan fingerprint density at radius 2 is 2.06 bits per heavy atom. The smallest absolute Gasteiger partial charge is 0.271 e. The number of amides is 2. The predicted octanol–water partition coefficient (Wildman–Crippen LogP) is 0.338. The van der Waals surface area contributed by atoms with Gasteiger partial charge in [-0.1, -0.05) is 11.6 Å². The third kappa shape index (κ3) is 4.36. The molecule has 0 atom stereocenters. The van der Waals surface area contributed by atoms with Crippen molar-refractivity contribution in [1.82, 2.24) is 20.2 Å². The van der Waals surface area contributed by atoms with E-state index in [9.17, 15) is 9.59 Å². The number of hydrogen-bond donors (Lipinski definition) is 1. The summed E-state index contributed by atoms with van der Waals surface area (Å²) < 4.78 is 0. The summed E-state index contributed by atoms with van der Waals surface area (Å²) in [6.45, 7) is 0.264. The molecule has 17 heavy (non-hydrogen) atoms. The molecular formula is C10H13ClN4O2. The van der Waals surface area contributed by atoms with Crippen LogP contribution >= 0.6 is 11.6 Å². The highest BCUT2D eigenvalue weighted by molar-refractivity contribution is 6.29. The SMILES string of the molecule is CN(C)C(=O)CCNC(=O)c1cnc(Cl)cn1. The molecule has 1 aromatic rings. The van der Waals surface area contributed by atoms with E-state index in [1.165, 1.54) is 17.3 Å². The summed E-state index contributed by atoms with van der Waals surface area (Å²) in [6, 6.07) is 0. The molecule has 1 aromatic heterocycles. The van der Waals surface area contributed by atoms with Crippen LogP contribution in [0.15, 0.2) is 12.4 Å². The molecule has 0 unspecified atom stereocenters. The summed E-state index contributed by atoms with van der Waals surface area (Å²) in [5, 5.41) is 2.80. The lowest BCUT2D eigenvalue weighted by Crippen LogP contribution is -2.30. The van der Waals surface area contributed by atoms with Crippen molar-refractivity contribution in [2.45, 2.75) is 6.42 Å². The molecule has 92 valence electrons. The van der Waals surface area contributed by atoms with Gasteiger partial charge in [0.15, 0.2) is 0 Å². The third-order valence-corrected chi connectivity index (χ3v) is 2.17.